The van der Waals surface area contributed by atoms with Crippen molar-refractivity contribution in [1.29, 1.82) is 0 Å². The van der Waals surface area contributed by atoms with Crippen molar-refractivity contribution in [2.75, 3.05) is 19.7 Å². The molecule has 2 aromatic carbocycles. The number of aliphatic hydroxyl groups is 1. The molecule has 1 aliphatic carbocycles. The van der Waals surface area contributed by atoms with Gasteiger partial charge in [0.2, 0.25) is 5.60 Å². The zero-order valence-corrected chi connectivity index (χ0v) is 18.7. The lowest BCUT2D eigenvalue weighted by Gasteiger charge is -2.27. The molecular formula is C28H30N2O3. The van der Waals surface area contributed by atoms with Crippen LogP contribution in [0, 0.1) is 5.92 Å². The van der Waals surface area contributed by atoms with Crippen molar-refractivity contribution >= 4 is 5.97 Å². The van der Waals surface area contributed by atoms with Gasteiger partial charge in [0.05, 0.1) is 6.61 Å². The lowest BCUT2D eigenvalue weighted by molar-refractivity contribution is -0.162. The van der Waals surface area contributed by atoms with Crippen molar-refractivity contribution in [1.82, 2.24) is 10.3 Å². The minimum Gasteiger partial charge on any atom is -0.462 e. The molecule has 1 unspecified atom stereocenters. The number of nitrogens with zero attached hydrogens (tertiary/aromatic N) is 1. The smallest absolute Gasteiger partial charge is 0.347 e. The summed E-state index contributed by atoms with van der Waals surface area (Å²) in [7, 11) is 0. The van der Waals surface area contributed by atoms with Crippen molar-refractivity contribution in [2.24, 2.45) is 5.92 Å². The van der Waals surface area contributed by atoms with E-state index in [9.17, 15) is 9.90 Å². The van der Waals surface area contributed by atoms with Crippen molar-refractivity contribution < 1.29 is 14.6 Å². The van der Waals surface area contributed by atoms with Crippen molar-refractivity contribution in [3.05, 3.63) is 89.7 Å². The Labute approximate surface area is 194 Å². The maximum atomic E-state index is 13.4. The number of nitrogens with one attached hydrogen (secondary N) is 1. The highest BCUT2D eigenvalue weighted by molar-refractivity contribution is 5.96. The van der Waals surface area contributed by atoms with Gasteiger partial charge in [-0.2, -0.15) is 0 Å². The summed E-state index contributed by atoms with van der Waals surface area (Å²) in [5.41, 5.74) is 2.05. The zero-order valence-electron chi connectivity index (χ0n) is 18.7. The number of pyridine rings is 1. The third kappa shape index (κ3) is 4.19. The van der Waals surface area contributed by atoms with Gasteiger partial charge in [-0.3, -0.25) is 4.98 Å². The standard InChI is InChI=1S/C28H30N2O3/c31-27(28(32)24-9-3-1-7-22(24)23-8-2-4-10-25(23)28)33-19-21(26-11-5-6-16-30-26)13-12-20-14-17-29-18-15-20/h1-11,16,20-21,29,32H,12-15,17-19H2. The van der Waals surface area contributed by atoms with Gasteiger partial charge in [-0.1, -0.05) is 54.6 Å². The molecule has 0 amide bonds. The minimum absolute atomic E-state index is 0.000487. The third-order valence-electron chi connectivity index (χ3n) is 7.12. The van der Waals surface area contributed by atoms with Crippen LogP contribution in [0.15, 0.2) is 72.9 Å². The van der Waals surface area contributed by atoms with E-state index in [1.807, 2.05) is 66.7 Å². The summed E-state index contributed by atoms with van der Waals surface area (Å²) in [6.45, 7) is 2.34. The SMILES string of the molecule is O=C(OCC(CCC1CCNCC1)c1ccccn1)C1(O)c2ccccc2-c2ccccc21. The topological polar surface area (TPSA) is 71.5 Å². The molecule has 1 aliphatic heterocycles. The summed E-state index contributed by atoms with van der Waals surface area (Å²) in [5, 5.41) is 15.1. The summed E-state index contributed by atoms with van der Waals surface area (Å²) in [6.07, 6.45) is 6.13. The van der Waals surface area contributed by atoms with Crippen LogP contribution in [0.2, 0.25) is 0 Å². The zero-order chi connectivity index (χ0) is 22.7. The van der Waals surface area contributed by atoms with Crippen LogP contribution in [0.3, 0.4) is 0 Å². The Bertz CT molecular complexity index is 1060. The number of ether oxygens (including phenoxy) is 1. The highest BCUT2D eigenvalue weighted by atomic mass is 16.5. The third-order valence-corrected chi connectivity index (χ3v) is 7.12. The van der Waals surface area contributed by atoms with Crippen LogP contribution >= 0.6 is 0 Å². The van der Waals surface area contributed by atoms with E-state index in [2.05, 4.69) is 10.3 Å². The summed E-state index contributed by atoms with van der Waals surface area (Å²) in [4.78, 5) is 18.0. The Kier molecular flexibility index (Phi) is 6.25. The second-order valence-corrected chi connectivity index (χ2v) is 9.12. The molecule has 1 fully saturated rings. The van der Waals surface area contributed by atoms with E-state index in [1.54, 1.807) is 6.20 Å². The predicted molar refractivity (Wildman–Crippen MR) is 128 cm³/mol. The number of hydrogen-bond donors (Lipinski definition) is 2. The van der Waals surface area contributed by atoms with E-state index in [0.717, 1.165) is 42.8 Å². The number of carbonyl (C=O) groups excluding carboxylic acids is 1. The fourth-order valence-corrected chi connectivity index (χ4v) is 5.25. The number of hydrogen-bond acceptors (Lipinski definition) is 5. The van der Waals surface area contributed by atoms with Gasteiger partial charge in [-0.05, 0) is 68.0 Å². The number of fused-ring (bicyclic) bond motifs is 3. The summed E-state index contributed by atoms with van der Waals surface area (Å²) in [6, 6.07) is 20.9. The van der Waals surface area contributed by atoms with Gasteiger partial charge in [0.1, 0.15) is 0 Å². The Morgan fingerprint density at radius 2 is 1.64 bits per heavy atom. The van der Waals surface area contributed by atoms with Gasteiger partial charge in [-0.15, -0.1) is 0 Å². The molecule has 2 aliphatic rings. The van der Waals surface area contributed by atoms with Gasteiger partial charge >= 0.3 is 5.97 Å². The maximum Gasteiger partial charge on any atom is 0.347 e. The number of aromatic nitrogens is 1. The van der Waals surface area contributed by atoms with Crippen LogP contribution in [0.1, 0.15) is 48.4 Å². The first-order chi connectivity index (χ1) is 16.2. The normalized spacial score (nSPS) is 17.7. The molecule has 3 aromatic rings. The van der Waals surface area contributed by atoms with Gasteiger partial charge in [-0.25, -0.2) is 4.79 Å². The van der Waals surface area contributed by atoms with Crippen LogP contribution in [0.25, 0.3) is 11.1 Å². The molecule has 2 heterocycles. The summed E-state index contributed by atoms with van der Waals surface area (Å²) in [5.74, 6) is 0.0640. The largest absolute Gasteiger partial charge is 0.462 e. The summed E-state index contributed by atoms with van der Waals surface area (Å²) >= 11 is 0. The molecule has 2 N–H and O–H groups in total. The van der Waals surface area contributed by atoms with Crippen LogP contribution in [0.4, 0.5) is 0 Å². The first kappa shape index (κ1) is 21.8. The maximum absolute atomic E-state index is 13.4. The molecule has 1 aromatic heterocycles. The van der Waals surface area contributed by atoms with Crippen LogP contribution in [-0.4, -0.2) is 35.8 Å². The number of benzene rings is 2. The number of piperidine rings is 1. The second-order valence-electron chi connectivity index (χ2n) is 9.12. The molecule has 1 saturated heterocycles. The second kappa shape index (κ2) is 9.46. The molecule has 0 spiro atoms. The Hall–Kier alpha value is -3.02. The van der Waals surface area contributed by atoms with E-state index < -0.39 is 11.6 Å². The fraction of sp³-hybridized carbons (Fsp3) is 0.357. The molecule has 33 heavy (non-hydrogen) atoms. The van der Waals surface area contributed by atoms with E-state index >= 15 is 0 Å². The number of rotatable bonds is 7. The average Bonchev–Trinajstić information content (AvgIpc) is 3.15. The lowest BCUT2D eigenvalue weighted by Crippen LogP contribution is -2.37. The molecule has 1 atom stereocenters. The van der Waals surface area contributed by atoms with E-state index in [0.29, 0.717) is 17.0 Å². The van der Waals surface area contributed by atoms with E-state index in [-0.39, 0.29) is 12.5 Å². The first-order valence-corrected chi connectivity index (χ1v) is 11.9. The van der Waals surface area contributed by atoms with Crippen LogP contribution in [-0.2, 0) is 15.1 Å². The molecule has 170 valence electrons. The molecular weight excluding hydrogens is 412 g/mol. The highest BCUT2D eigenvalue weighted by Crippen LogP contribution is 2.48. The van der Waals surface area contributed by atoms with Crippen LogP contribution < -0.4 is 5.32 Å². The lowest BCUT2D eigenvalue weighted by atomic mass is 9.88. The molecule has 0 radical (unpaired) electrons. The predicted octanol–water partition coefficient (Wildman–Crippen LogP) is 4.40. The Morgan fingerprint density at radius 3 is 2.27 bits per heavy atom. The van der Waals surface area contributed by atoms with Gasteiger partial charge in [0.15, 0.2) is 0 Å². The minimum atomic E-state index is -1.79. The van der Waals surface area contributed by atoms with Crippen LogP contribution in [0.5, 0.6) is 0 Å². The van der Waals surface area contributed by atoms with E-state index in [1.165, 1.54) is 12.8 Å². The number of esters is 1. The highest BCUT2D eigenvalue weighted by Gasteiger charge is 2.49. The molecule has 0 saturated carbocycles. The molecule has 0 bridgehead atoms. The van der Waals surface area contributed by atoms with Crippen molar-refractivity contribution in [3.8, 4) is 11.1 Å². The molecule has 5 nitrogen and oxygen atoms in total. The van der Waals surface area contributed by atoms with Crippen molar-refractivity contribution in [3.63, 3.8) is 0 Å². The number of carbonyl (C=O) groups is 1. The van der Waals surface area contributed by atoms with Gasteiger partial charge < -0.3 is 15.2 Å². The molecule has 5 heteroatoms. The summed E-state index contributed by atoms with van der Waals surface area (Å²) < 4.78 is 5.86. The molecule has 5 rings (SSSR count). The van der Waals surface area contributed by atoms with Gasteiger partial charge in [0.25, 0.3) is 0 Å². The monoisotopic (exact) mass is 442 g/mol. The van der Waals surface area contributed by atoms with E-state index in [4.69, 9.17) is 4.74 Å². The Balaban J connectivity index is 1.35. The first-order valence-electron chi connectivity index (χ1n) is 11.9. The van der Waals surface area contributed by atoms with Gasteiger partial charge in [0, 0.05) is 28.9 Å². The Morgan fingerprint density at radius 1 is 1.00 bits per heavy atom. The average molecular weight is 443 g/mol. The fourth-order valence-electron chi connectivity index (χ4n) is 5.25. The quantitative estimate of drug-likeness (QED) is 0.531. The van der Waals surface area contributed by atoms with Crippen molar-refractivity contribution in [2.45, 2.75) is 37.2 Å².